The zero-order valence-electron chi connectivity index (χ0n) is 10.7. The molecule has 94 valence electrons. The summed E-state index contributed by atoms with van der Waals surface area (Å²) in [7, 11) is 0. The highest BCUT2D eigenvalue weighted by atomic mass is 16.5. The van der Waals surface area contributed by atoms with Gasteiger partial charge in [0.1, 0.15) is 0 Å². The second kappa shape index (κ2) is 7.85. The van der Waals surface area contributed by atoms with Gasteiger partial charge in [0, 0.05) is 6.54 Å². The highest BCUT2D eigenvalue weighted by Gasteiger charge is 2.01. The molecule has 0 amide bonds. The number of benzene rings is 1. The Morgan fingerprint density at radius 2 is 2.24 bits per heavy atom. The first-order valence-electron chi connectivity index (χ1n) is 6.14. The van der Waals surface area contributed by atoms with Crippen LogP contribution in [0, 0.1) is 6.92 Å². The average Bonchev–Trinajstić information content (AvgIpc) is 2.29. The fourth-order valence-electron chi connectivity index (χ4n) is 1.51. The SMILES string of the molecule is CCCCOC(=O)CNCc1cccc(C)c1. The fourth-order valence-corrected chi connectivity index (χ4v) is 1.51. The maximum absolute atomic E-state index is 11.3. The summed E-state index contributed by atoms with van der Waals surface area (Å²) in [5, 5.41) is 3.08. The molecule has 0 aromatic heterocycles. The third-order valence-corrected chi connectivity index (χ3v) is 2.44. The first-order chi connectivity index (χ1) is 8.22. The Kier molecular flexibility index (Phi) is 6.33. The van der Waals surface area contributed by atoms with Gasteiger partial charge in [-0.05, 0) is 18.9 Å². The Morgan fingerprint density at radius 3 is 2.94 bits per heavy atom. The van der Waals surface area contributed by atoms with Gasteiger partial charge in [0.15, 0.2) is 0 Å². The lowest BCUT2D eigenvalue weighted by Crippen LogP contribution is -2.24. The molecular weight excluding hydrogens is 214 g/mol. The van der Waals surface area contributed by atoms with Crippen LogP contribution in [0.1, 0.15) is 30.9 Å². The molecule has 0 aliphatic heterocycles. The van der Waals surface area contributed by atoms with Crippen LogP contribution in [0.3, 0.4) is 0 Å². The third kappa shape index (κ3) is 6.07. The Hall–Kier alpha value is -1.35. The van der Waals surface area contributed by atoms with E-state index in [1.54, 1.807) is 0 Å². The third-order valence-electron chi connectivity index (χ3n) is 2.44. The zero-order chi connectivity index (χ0) is 12.5. The normalized spacial score (nSPS) is 10.2. The summed E-state index contributed by atoms with van der Waals surface area (Å²) in [6, 6.07) is 8.23. The Balaban J connectivity index is 2.17. The van der Waals surface area contributed by atoms with Crippen molar-refractivity contribution in [2.75, 3.05) is 13.2 Å². The predicted molar refractivity (Wildman–Crippen MR) is 68.8 cm³/mol. The maximum atomic E-state index is 11.3. The average molecular weight is 235 g/mol. The van der Waals surface area contributed by atoms with E-state index >= 15 is 0 Å². The second-order valence-corrected chi connectivity index (χ2v) is 4.17. The first-order valence-corrected chi connectivity index (χ1v) is 6.14. The molecule has 0 unspecified atom stereocenters. The molecule has 0 saturated carbocycles. The molecule has 1 N–H and O–H groups in total. The minimum atomic E-state index is -0.175. The number of hydrogen-bond donors (Lipinski definition) is 1. The molecule has 0 spiro atoms. The van der Waals surface area contributed by atoms with Crippen LogP contribution in [0.2, 0.25) is 0 Å². The molecule has 17 heavy (non-hydrogen) atoms. The summed E-state index contributed by atoms with van der Waals surface area (Å²) in [5.41, 5.74) is 2.42. The Labute approximate surface area is 103 Å². The topological polar surface area (TPSA) is 38.3 Å². The summed E-state index contributed by atoms with van der Waals surface area (Å²) in [4.78, 5) is 11.3. The minimum Gasteiger partial charge on any atom is -0.465 e. The number of carbonyl (C=O) groups is 1. The van der Waals surface area contributed by atoms with Crippen LogP contribution in [0.25, 0.3) is 0 Å². The van der Waals surface area contributed by atoms with Crippen LogP contribution in [-0.4, -0.2) is 19.1 Å². The molecule has 3 heteroatoms. The minimum absolute atomic E-state index is 0.175. The number of ether oxygens (including phenoxy) is 1. The van der Waals surface area contributed by atoms with Crippen molar-refractivity contribution in [1.82, 2.24) is 5.32 Å². The molecular formula is C14H21NO2. The van der Waals surface area contributed by atoms with Gasteiger partial charge in [-0.15, -0.1) is 0 Å². The van der Waals surface area contributed by atoms with Gasteiger partial charge in [-0.1, -0.05) is 43.2 Å². The molecule has 0 heterocycles. The zero-order valence-corrected chi connectivity index (χ0v) is 10.7. The molecule has 0 radical (unpaired) electrons. The molecule has 1 aromatic carbocycles. The van der Waals surface area contributed by atoms with Crippen LogP contribution in [0.5, 0.6) is 0 Å². The van der Waals surface area contributed by atoms with E-state index in [4.69, 9.17) is 4.74 Å². The Bertz CT molecular complexity index is 350. The van der Waals surface area contributed by atoms with Crippen LogP contribution in [0.15, 0.2) is 24.3 Å². The van der Waals surface area contributed by atoms with E-state index in [0.29, 0.717) is 13.2 Å². The molecule has 1 rings (SSSR count). The number of aryl methyl sites for hydroxylation is 1. The molecule has 0 atom stereocenters. The number of rotatable bonds is 7. The van der Waals surface area contributed by atoms with Crippen LogP contribution in [0.4, 0.5) is 0 Å². The molecule has 0 fully saturated rings. The molecule has 0 saturated heterocycles. The van der Waals surface area contributed by atoms with Crippen molar-refractivity contribution in [1.29, 1.82) is 0 Å². The van der Waals surface area contributed by atoms with Crippen molar-refractivity contribution in [3.05, 3.63) is 35.4 Å². The van der Waals surface area contributed by atoms with Crippen molar-refractivity contribution in [3.63, 3.8) is 0 Å². The molecule has 3 nitrogen and oxygen atoms in total. The van der Waals surface area contributed by atoms with E-state index in [9.17, 15) is 4.79 Å². The lowest BCUT2D eigenvalue weighted by atomic mass is 10.1. The van der Waals surface area contributed by atoms with E-state index in [2.05, 4.69) is 31.3 Å². The Morgan fingerprint density at radius 1 is 1.41 bits per heavy atom. The van der Waals surface area contributed by atoms with Gasteiger partial charge in [-0.3, -0.25) is 4.79 Å². The number of hydrogen-bond acceptors (Lipinski definition) is 3. The van der Waals surface area contributed by atoms with Crippen molar-refractivity contribution in [2.45, 2.75) is 33.2 Å². The smallest absolute Gasteiger partial charge is 0.319 e. The highest BCUT2D eigenvalue weighted by molar-refractivity contribution is 5.71. The maximum Gasteiger partial charge on any atom is 0.319 e. The summed E-state index contributed by atoms with van der Waals surface area (Å²) in [6.07, 6.45) is 1.98. The quantitative estimate of drug-likeness (QED) is 0.582. The van der Waals surface area contributed by atoms with Crippen molar-refractivity contribution < 1.29 is 9.53 Å². The van der Waals surface area contributed by atoms with Crippen molar-refractivity contribution in [3.8, 4) is 0 Å². The summed E-state index contributed by atoms with van der Waals surface area (Å²) >= 11 is 0. The van der Waals surface area contributed by atoms with E-state index in [1.807, 2.05) is 12.1 Å². The van der Waals surface area contributed by atoms with E-state index in [-0.39, 0.29) is 12.5 Å². The molecule has 0 bridgehead atoms. The standard InChI is InChI=1S/C14H21NO2/c1-3-4-8-17-14(16)11-15-10-13-7-5-6-12(2)9-13/h5-7,9,15H,3-4,8,10-11H2,1-2H3. The van der Waals surface area contributed by atoms with Crippen LogP contribution < -0.4 is 5.32 Å². The highest BCUT2D eigenvalue weighted by Crippen LogP contribution is 2.02. The van der Waals surface area contributed by atoms with E-state index in [1.165, 1.54) is 11.1 Å². The van der Waals surface area contributed by atoms with Crippen molar-refractivity contribution in [2.24, 2.45) is 0 Å². The van der Waals surface area contributed by atoms with Crippen LogP contribution in [-0.2, 0) is 16.1 Å². The monoisotopic (exact) mass is 235 g/mol. The molecule has 0 aliphatic rings. The fraction of sp³-hybridized carbons (Fsp3) is 0.500. The lowest BCUT2D eigenvalue weighted by molar-refractivity contribution is -0.142. The van der Waals surface area contributed by atoms with Gasteiger partial charge in [-0.25, -0.2) is 0 Å². The lowest BCUT2D eigenvalue weighted by Gasteiger charge is -2.06. The van der Waals surface area contributed by atoms with Gasteiger partial charge in [0.25, 0.3) is 0 Å². The molecule has 1 aromatic rings. The number of carbonyl (C=O) groups excluding carboxylic acids is 1. The van der Waals surface area contributed by atoms with E-state index < -0.39 is 0 Å². The summed E-state index contributed by atoms with van der Waals surface area (Å²) in [6.45, 7) is 5.63. The van der Waals surface area contributed by atoms with Gasteiger partial charge in [-0.2, -0.15) is 0 Å². The largest absolute Gasteiger partial charge is 0.465 e. The van der Waals surface area contributed by atoms with Crippen molar-refractivity contribution >= 4 is 5.97 Å². The van der Waals surface area contributed by atoms with Crippen LogP contribution >= 0.6 is 0 Å². The van der Waals surface area contributed by atoms with Gasteiger partial charge in [0.05, 0.1) is 13.2 Å². The van der Waals surface area contributed by atoms with E-state index in [0.717, 1.165) is 12.8 Å². The van der Waals surface area contributed by atoms with Gasteiger partial charge in [0.2, 0.25) is 0 Å². The number of esters is 1. The molecule has 0 aliphatic carbocycles. The summed E-state index contributed by atoms with van der Waals surface area (Å²) in [5.74, 6) is -0.175. The first kappa shape index (κ1) is 13.7. The second-order valence-electron chi connectivity index (χ2n) is 4.17. The number of unbranched alkanes of at least 4 members (excludes halogenated alkanes) is 1. The summed E-state index contributed by atoms with van der Waals surface area (Å²) < 4.78 is 5.04. The predicted octanol–water partition coefficient (Wildman–Crippen LogP) is 2.43. The van der Waals surface area contributed by atoms with Gasteiger partial charge < -0.3 is 10.1 Å². The number of nitrogens with one attached hydrogen (secondary N) is 1. The van der Waals surface area contributed by atoms with Gasteiger partial charge >= 0.3 is 5.97 Å².